The summed E-state index contributed by atoms with van der Waals surface area (Å²) in [6, 6.07) is 13.9. The van der Waals surface area contributed by atoms with Crippen molar-refractivity contribution >= 4 is 16.0 Å². The fourth-order valence-corrected chi connectivity index (χ4v) is 5.05. The summed E-state index contributed by atoms with van der Waals surface area (Å²) < 4.78 is 75.1. The van der Waals surface area contributed by atoms with Crippen molar-refractivity contribution in [3.8, 4) is 16.9 Å². The Morgan fingerprint density at radius 3 is 2.43 bits per heavy atom. The number of carboxylic acids is 1. The maximum absolute atomic E-state index is 14.6. The van der Waals surface area contributed by atoms with Gasteiger partial charge in [0.15, 0.2) is 6.61 Å². The van der Waals surface area contributed by atoms with Crippen molar-refractivity contribution in [2.45, 2.75) is 30.2 Å². The van der Waals surface area contributed by atoms with Crippen LogP contribution in [0.4, 0.5) is 13.2 Å². The number of carbonyl (C=O) groups is 1. The third-order valence-corrected chi connectivity index (χ3v) is 7.81. The number of hydrogen-bond acceptors (Lipinski definition) is 4. The summed E-state index contributed by atoms with van der Waals surface area (Å²) in [6.45, 7) is 4.34. The van der Waals surface area contributed by atoms with Crippen molar-refractivity contribution < 1.29 is 36.2 Å². The van der Waals surface area contributed by atoms with E-state index in [1.54, 1.807) is 25.1 Å². The molecule has 0 aliphatic rings. The van der Waals surface area contributed by atoms with Gasteiger partial charge in [0.25, 0.3) is 5.92 Å². The average molecular weight is 534 g/mol. The van der Waals surface area contributed by atoms with Gasteiger partial charge in [-0.05, 0) is 60.5 Å². The minimum absolute atomic E-state index is 0.0953. The molecule has 0 bridgehead atoms. The number of ether oxygens (including phenoxy) is 1. The Hall–Kier alpha value is -3.63. The number of nitrogens with zero attached hydrogens (tertiary/aromatic N) is 1. The first-order valence-corrected chi connectivity index (χ1v) is 12.6. The maximum atomic E-state index is 14.6. The van der Waals surface area contributed by atoms with E-state index >= 15 is 0 Å². The van der Waals surface area contributed by atoms with Crippen LogP contribution in [0.3, 0.4) is 0 Å². The molecule has 0 saturated heterocycles. The number of carboxylic acid groups (broad SMARTS) is 1. The van der Waals surface area contributed by atoms with Crippen molar-refractivity contribution in [2.75, 3.05) is 13.7 Å². The molecular formula is C27H26F3NO5S. The highest BCUT2D eigenvalue weighted by molar-refractivity contribution is 7.89. The van der Waals surface area contributed by atoms with Crippen LogP contribution in [0.1, 0.15) is 30.5 Å². The van der Waals surface area contributed by atoms with Crippen LogP contribution in [0.25, 0.3) is 11.1 Å². The number of aliphatic carboxylic acids is 1. The molecule has 0 fully saturated rings. The van der Waals surface area contributed by atoms with Gasteiger partial charge in [-0.3, -0.25) is 0 Å². The molecule has 0 aliphatic heterocycles. The number of benzene rings is 3. The summed E-state index contributed by atoms with van der Waals surface area (Å²) >= 11 is 0. The molecule has 1 unspecified atom stereocenters. The summed E-state index contributed by atoms with van der Waals surface area (Å²) in [4.78, 5) is 11.0. The fraction of sp³-hybridized carbons (Fsp3) is 0.222. The first-order valence-electron chi connectivity index (χ1n) is 11.2. The van der Waals surface area contributed by atoms with Crippen LogP contribution in [-0.4, -0.2) is 37.5 Å². The zero-order chi connectivity index (χ0) is 27.4. The van der Waals surface area contributed by atoms with Gasteiger partial charge in [0.2, 0.25) is 10.0 Å². The van der Waals surface area contributed by atoms with Gasteiger partial charge in [-0.15, -0.1) is 6.58 Å². The topological polar surface area (TPSA) is 83.9 Å². The van der Waals surface area contributed by atoms with Crippen molar-refractivity contribution in [1.29, 1.82) is 0 Å². The van der Waals surface area contributed by atoms with Crippen LogP contribution in [0.15, 0.2) is 84.3 Å². The lowest BCUT2D eigenvalue weighted by molar-refractivity contribution is -0.139. The number of allylic oxidation sites excluding steroid dienone is 1. The average Bonchev–Trinajstić information content (AvgIpc) is 2.86. The van der Waals surface area contributed by atoms with Crippen LogP contribution in [-0.2, 0) is 20.7 Å². The maximum Gasteiger partial charge on any atom is 0.341 e. The quantitative estimate of drug-likeness (QED) is 0.306. The van der Waals surface area contributed by atoms with E-state index in [1.165, 1.54) is 31.3 Å². The molecule has 37 heavy (non-hydrogen) atoms. The Kier molecular flexibility index (Phi) is 8.45. The normalized spacial score (nSPS) is 12.8. The Morgan fingerprint density at radius 2 is 1.81 bits per heavy atom. The van der Waals surface area contributed by atoms with Crippen LogP contribution in [0.2, 0.25) is 0 Å². The summed E-state index contributed by atoms with van der Waals surface area (Å²) in [7, 11) is -2.63. The highest BCUT2D eigenvalue weighted by Gasteiger charge is 2.31. The van der Waals surface area contributed by atoms with E-state index in [4.69, 9.17) is 9.84 Å². The van der Waals surface area contributed by atoms with E-state index in [1.807, 2.05) is 0 Å². The number of rotatable bonds is 11. The molecule has 0 saturated carbocycles. The summed E-state index contributed by atoms with van der Waals surface area (Å²) in [5, 5.41) is 9.05. The van der Waals surface area contributed by atoms with Crippen LogP contribution < -0.4 is 4.74 Å². The number of halogens is 3. The van der Waals surface area contributed by atoms with Gasteiger partial charge in [-0.25, -0.2) is 26.4 Å². The van der Waals surface area contributed by atoms with Crippen LogP contribution in [0.5, 0.6) is 5.75 Å². The molecule has 1 atom stereocenters. The summed E-state index contributed by atoms with van der Waals surface area (Å²) in [6.07, 6.45) is 0.551. The van der Waals surface area contributed by atoms with E-state index in [0.717, 1.165) is 34.6 Å². The highest BCUT2D eigenvalue weighted by atomic mass is 32.2. The van der Waals surface area contributed by atoms with Gasteiger partial charge in [0.05, 0.1) is 4.90 Å². The predicted octanol–water partition coefficient (Wildman–Crippen LogP) is 6.01. The van der Waals surface area contributed by atoms with Crippen molar-refractivity contribution in [1.82, 2.24) is 4.31 Å². The fourth-order valence-electron chi connectivity index (χ4n) is 3.70. The van der Waals surface area contributed by atoms with Crippen molar-refractivity contribution in [3.63, 3.8) is 0 Å². The van der Waals surface area contributed by atoms with Gasteiger partial charge in [0, 0.05) is 30.6 Å². The van der Waals surface area contributed by atoms with Gasteiger partial charge in [-0.2, -0.15) is 4.31 Å². The molecule has 0 spiro atoms. The first-order chi connectivity index (χ1) is 17.4. The summed E-state index contributed by atoms with van der Waals surface area (Å²) in [5.74, 6) is -4.84. The second kappa shape index (κ2) is 11.2. The molecule has 6 nitrogen and oxygen atoms in total. The Morgan fingerprint density at radius 1 is 1.14 bits per heavy atom. The lowest BCUT2D eigenvalue weighted by Gasteiger charge is -2.26. The molecule has 3 aromatic rings. The molecule has 0 heterocycles. The molecular weight excluding hydrogens is 507 g/mol. The Labute approximate surface area is 213 Å². The smallest absolute Gasteiger partial charge is 0.341 e. The number of hydrogen-bond donors (Lipinski definition) is 1. The van der Waals surface area contributed by atoms with Crippen LogP contribution in [0, 0.1) is 5.82 Å². The van der Waals surface area contributed by atoms with Crippen molar-refractivity contribution in [3.05, 3.63) is 96.3 Å². The lowest BCUT2D eigenvalue weighted by atomic mass is 9.95. The van der Waals surface area contributed by atoms with E-state index < -0.39 is 46.8 Å². The summed E-state index contributed by atoms with van der Waals surface area (Å²) in [5.41, 5.74) is 0.881. The zero-order valence-corrected chi connectivity index (χ0v) is 21.0. The monoisotopic (exact) mass is 533 g/mol. The molecule has 0 radical (unpaired) electrons. The Bertz CT molecular complexity index is 1390. The largest absolute Gasteiger partial charge is 0.481 e. The molecule has 0 amide bonds. The number of alkyl halides is 2. The highest BCUT2D eigenvalue weighted by Crippen LogP contribution is 2.38. The standard InChI is InChI=1S/C27H26F3NO5S/c1-4-14-27(29,30)21-7-5-6-20(15-21)24-16-19(8-13-25(24)36-17-26(32)33)18(2)31(3)37(34,35)23-11-9-22(28)10-12-23/h4-13,15-16,18H,1,14,17H2,2-3H3,(H,32,33). The van der Waals surface area contributed by atoms with Gasteiger partial charge in [0.1, 0.15) is 11.6 Å². The minimum Gasteiger partial charge on any atom is -0.481 e. The molecule has 196 valence electrons. The number of sulfonamides is 1. The second-order valence-electron chi connectivity index (χ2n) is 8.37. The molecule has 0 aromatic heterocycles. The van der Waals surface area contributed by atoms with E-state index in [2.05, 4.69) is 6.58 Å². The van der Waals surface area contributed by atoms with E-state index in [9.17, 15) is 26.4 Å². The lowest BCUT2D eigenvalue weighted by Crippen LogP contribution is -2.29. The second-order valence-corrected chi connectivity index (χ2v) is 10.4. The first kappa shape index (κ1) is 27.9. The zero-order valence-electron chi connectivity index (χ0n) is 20.2. The molecule has 3 rings (SSSR count). The van der Waals surface area contributed by atoms with Gasteiger partial charge >= 0.3 is 5.97 Å². The van der Waals surface area contributed by atoms with Gasteiger partial charge < -0.3 is 9.84 Å². The third kappa shape index (κ3) is 6.39. The predicted molar refractivity (Wildman–Crippen MR) is 133 cm³/mol. The molecule has 0 aliphatic carbocycles. The van der Waals surface area contributed by atoms with E-state index in [0.29, 0.717) is 16.7 Å². The van der Waals surface area contributed by atoms with Crippen LogP contribution >= 0.6 is 0 Å². The van der Waals surface area contributed by atoms with Crippen molar-refractivity contribution in [2.24, 2.45) is 0 Å². The molecule has 10 heteroatoms. The molecule has 1 N–H and O–H groups in total. The SMILES string of the molecule is C=CCC(F)(F)c1cccc(-c2cc(C(C)N(C)S(=O)(=O)c3ccc(F)cc3)ccc2OCC(=O)O)c1. The van der Waals surface area contributed by atoms with Gasteiger partial charge in [-0.1, -0.05) is 30.3 Å². The van der Waals surface area contributed by atoms with E-state index in [-0.39, 0.29) is 16.2 Å². The molecule has 3 aromatic carbocycles. The Balaban J connectivity index is 2.06. The third-order valence-electron chi connectivity index (χ3n) is 5.87. The minimum atomic E-state index is -4.00.